The molecule has 0 amide bonds. The summed E-state index contributed by atoms with van der Waals surface area (Å²) in [6.07, 6.45) is 2.44. The second-order valence-electron chi connectivity index (χ2n) is 6.55. The van der Waals surface area contributed by atoms with Gasteiger partial charge in [-0.1, -0.05) is 24.3 Å². The zero-order valence-electron chi connectivity index (χ0n) is 13.7. The summed E-state index contributed by atoms with van der Waals surface area (Å²) < 4.78 is 5.25. The zero-order chi connectivity index (χ0) is 15.6. The Kier molecular flexibility index (Phi) is 3.96. The van der Waals surface area contributed by atoms with Gasteiger partial charge in [0.2, 0.25) is 0 Å². The van der Waals surface area contributed by atoms with Gasteiger partial charge >= 0.3 is 0 Å². The fourth-order valence-electron chi connectivity index (χ4n) is 3.93. The first-order valence-corrected chi connectivity index (χ1v) is 8.53. The van der Waals surface area contributed by atoms with E-state index in [0.29, 0.717) is 6.04 Å². The van der Waals surface area contributed by atoms with Gasteiger partial charge in [0, 0.05) is 37.9 Å². The zero-order valence-corrected chi connectivity index (χ0v) is 13.7. The highest BCUT2D eigenvalue weighted by Crippen LogP contribution is 2.27. The molecule has 0 spiro atoms. The molecule has 0 N–H and O–H groups in total. The Morgan fingerprint density at radius 3 is 2.00 bits per heavy atom. The van der Waals surface area contributed by atoms with E-state index in [-0.39, 0.29) is 0 Å². The number of rotatable bonds is 3. The Bertz CT molecular complexity index is 635. The summed E-state index contributed by atoms with van der Waals surface area (Å²) in [7, 11) is 1.72. The van der Waals surface area contributed by atoms with E-state index in [1.54, 1.807) is 18.2 Å². The molecular weight excluding hydrogens is 284 g/mol. The lowest BCUT2D eigenvalue weighted by molar-refractivity contribution is 0.190. The lowest BCUT2D eigenvalue weighted by Gasteiger charge is -2.39. The summed E-state index contributed by atoms with van der Waals surface area (Å²) in [5.41, 5.74) is 4.41. The Hall–Kier alpha value is -2.00. The topological polar surface area (TPSA) is 15.7 Å². The number of benzene rings is 2. The van der Waals surface area contributed by atoms with E-state index in [1.807, 2.05) is 0 Å². The largest absolute Gasteiger partial charge is 0.497 e. The first-order valence-electron chi connectivity index (χ1n) is 8.53. The van der Waals surface area contributed by atoms with E-state index in [0.717, 1.165) is 31.9 Å². The maximum atomic E-state index is 5.25. The van der Waals surface area contributed by atoms with Crippen LogP contribution < -0.4 is 9.64 Å². The van der Waals surface area contributed by atoms with Crippen molar-refractivity contribution in [3.63, 3.8) is 0 Å². The summed E-state index contributed by atoms with van der Waals surface area (Å²) >= 11 is 0. The molecule has 1 aliphatic heterocycles. The molecule has 2 aromatic rings. The Morgan fingerprint density at radius 2 is 1.43 bits per heavy atom. The van der Waals surface area contributed by atoms with Crippen LogP contribution in [-0.2, 0) is 12.8 Å². The van der Waals surface area contributed by atoms with Gasteiger partial charge in [-0.3, -0.25) is 4.90 Å². The third-order valence-electron chi connectivity index (χ3n) is 5.30. The average Bonchev–Trinajstić information content (AvgIpc) is 3.06. The molecule has 0 atom stereocenters. The van der Waals surface area contributed by atoms with Crippen molar-refractivity contribution in [3.05, 3.63) is 59.7 Å². The first-order chi connectivity index (χ1) is 11.3. The monoisotopic (exact) mass is 308 g/mol. The average molecular weight is 308 g/mol. The maximum absolute atomic E-state index is 5.25. The third kappa shape index (κ3) is 2.93. The van der Waals surface area contributed by atoms with Crippen molar-refractivity contribution in [2.75, 3.05) is 38.2 Å². The van der Waals surface area contributed by atoms with Crippen LogP contribution in [0.25, 0.3) is 0 Å². The number of nitrogens with zero attached hydrogens (tertiary/aromatic N) is 2. The first kappa shape index (κ1) is 14.6. The van der Waals surface area contributed by atoms with E-state index in [2.05, 4.69) is 58.3 Å². The smallest absolute Gasteiger partial charge is 0.119 e. The van der Waals surface area contributed by atoms with Crippen molar-refractivity contribution < 1.29 is 4.74 Å². The molecule has 2 aromatic carbocycles. The van der Waals surface area contributed by atoms with Crippen molar-refractivity contribution in [1.82, 2.24) is 4.90 Å². The molecular formula is C20H24N2O. The summed E-state index contributed by atoms with van der Waals surface area (Å²) in [6, 6.07) is 18.1. The second-order valence-corrected chi connectivity index (χ2v) is 6.55. The van der Waals surface area contributed by atoms with Gasteiger partial charge in [-0.05, 0) is 48.2 Å². The molecule has 4 rings (SSSR count). The molecule has 3 heteroatoms. The van der Waals surface area contributed by atoms with Crippen LogP contribution in [0.2, 0.25) is 0 Å². The van der Waals surface area contributed by atoms with Crippen LogP contribution in [0.15, 0.2) is 48.5 Å². The second kappa shape index (κ2) is 6.25. The van der Waals surface area contributed by atoms with Gasteiger partial charge in [0.15, 0.2) is 0 Å². The Morgan fingerprint density at radius 1 is 0.826 bits per heavy atom. The SMILES string of the molecule is COc1ccc(N2CCN(C3Cc4ccccc4C3)CC2)cc1. The van der Waals surface area contributed by atoms with E-state index >= 15 is 0 Å². The van der Waals surface area contributed by atoms with Crippen LogP contribution in [0.4, 0.5) is 5.69 Å². The fourth-order valence-corrected chi connectivity index (χ4v) is 3.93. The summed E-state index contributed by atoms with van der Waals surface area (Å²) in [5, 5.41) is 0. The van der Waals surface area contributed by atoms with E-state index in [4.69, 9.17) is 4.74 Å². The molecule has 1 fully saturated rings. The number of hydrogen-bond acceptors (Lipinski definition) is 3. The summed E-state index contributed by atoms with van der Waals surface area (Å²) in [4.78, 5) is 5.16. The molecule has 0 radical (unpaired) electrons. The Balaban J connectivity index is 1.36. The van der Waals surface area contributed by atoms with Crippen LogP contribution in [0.5, 0.6) is 5.75 Å². The van der Waals surface area contributed by atoms with Crippen molar-refractivity contribution in [1.29, 1.82) is 0 Å². The minimum absolute atomic E-state index is 0.699. The van der Waals surface area contributed by atoms with Gasteiger partial charge in [-0.15, -0.1) is 0 Å². The molecule has 0 bridgehead atoms. The van der Waals surface area contributed by atoms with Gasteiger partial charge in [-0.2, -0.15) is 0 Å². The van der Waals surface area contributed by atoms with Crippen molar-refractivity contribution >= 4 is 5.69 Å². The molecule has 3 nitrogen and oxygen atoms in total. The van der Waals surface area contributed by atoms with E-state index < -0.39 is 0 Å². The Labute approximate surface area is 138 Å². The van der Waals surface area contributed by atoms with Gasteiger partial charge in [0.25, 0.3) is 0 Å². The molecule has 0 saturated carbocycles. The van der Waals surface area contributed by atoms with Gasteiger partial charge in [-0.25, -0.2) is 0 Å². The number of hydrogen-bond donors (Lipinski definition) is 0. The van der Waals surface area contributed by atoms with Gasteiger partial charge in [0.05, 0.1) is 7.11 Å². The quantitative estimate of drug-likeness (QED) is 0.867. The van der Waals surface area contributed by atoms with Crippen LogP contribution in [0.1, 0.15) is 11.1 Å². The summed E-state index contributed by atoms with van der Waals surface area (Å²) in [6.45, 7) is 4.54. The highest BCUT2D eigenvalue weighted by Gasteiger charge is 2.29. The van der Waals surface area contributed by atoms with Crippen LogP contribution in [0.3, 0.4) is 0 Å². The predicted octanol–water partition coefficient (Wildman–Crippen LogP) is 2.98. The normalized spacial score (nSPS) is 18.9. The van der Waals surface area contributed by atoms with Crippen LogP contribution >= 0.6 is 0 Å². The van der Waals surface area contributed by atoms with Crippen molar-refractivity contribution in [3.8, 4) is 5.75 Å². The molecule has 0 aromatic heterocycles. The third-order valence-corrected chi connectivity index (χ3v) is 5.30. The lowest BCUT2D eigenvalue weighted by atomic mass is 10.1. The molecule has 120 valence electrons. The summed E-state index contributed by atoms with van der Waals surface area (Å²) in [5.74, 6) is 0.927. The number of ether oxygens (including phenoxy) is 1. The number of fused-ring (bicyclic) bond motifs is 1. The highest BCUT2D eigenvalue weighted by atomic mass is 16.5. The molecule has 2 aliphatic rings. The van der Waals surface area contributed by atoms with Gasteiger partial charge in [0.1, 0.15) is 5.75 Å². The molecule has 1 saturated heterocycles. The van der Waals surface area contributed by atoms with E-state index in [9.17, 15) is 0 Å². The van der Waals surface area contributed by atoms with Crippen molar-refractivity contribution in [2.45, 2.75) is 18.9 Å². The fraction of sp³-hybridized carbons (Fsp3) is 0.400. The van der Waals surface area contributed by atoms with Crippen LogP contribution in [0, 0.1) is 0 Å². The minimum atomic E-state index is 0.699. The predicted molar refractivity (Wildman–Crippen MR) is 94.4 cm³/mol. The number of anilines is 1. The van der Waals surface area contributed by atoms with Crippen molar-refractivity contribution in [2.24, 2.45) is 0 Å². The lowest BCUT2D eigenvalue weighted by Crippen LogP contribution is -2.50. The maximum Gasteiger partial charge on any atom is 0.119 e. The van der Waals surface area contributed by atoms with Gasteiger partial charge < -0.3 is 9.64 Å². The molecule has 23 heavy (non-hydrogen) atoms. The minimum Gasteiger partial charge on any atom is -0.497 e. The molecule has 0 unspecified atom stereocenters. The molecule has 1 aliphatic carbocycles. The molecule has 1 heterocycles. The number of piperazine rings is 1. The van der Waals surface area contributed by atoms with Crippen LogP contribution in [-0.4, -0.2) is 44.2 Å². The standard InChI is InChI=1S/C20H24N2O/c1-23-20-8-6-18(7-9-20)21-10-12-22(13-11-21)19-14-16-4-2-3-5-17(16)15-19/h2-9,19H,10-15H2,1H3. The number of methoxy groups -OCH3 is 1. The highest BCUT2D eigenvalue weighted by molar-refractivity contribution is 5.49. The van der Waals surface area contributed by atoms with E-state index in [1.165, 1.54) is 18.5 Å².